The molecule has 2 aliphatic rings. The Hall–Kier alpha value is -1.46. The van der Waals surface area contributed by atoms with Gasteiger partial charge in [-0.25, -0.2) is 0 Å². The van der Waals surface area contributed by atoms with E-state index in [1.165, 1.54) is 31.2 Å². The standard InChI is InChI=1S/C17H21NO/c1-2-11-19-16-6-4-3-5-14(16)12-18-13-17(9-10-17)15-7-8-15/h1,3-6,15,18H,7-13H2. The number of para-hydroxylation sites is 1. The normalized spacial score (nSPS) is 19.7. The fourth-order valence-electron chi connectivity index (χ4n) is 2.94. The third-order valence-corrected chi connectivity index (χ3v) is 4.41. The van der Waals surface area contributed by atoms with Crippen molar-refractivity contribution in [1.82, 2.24) is 5.32 Å². The van der Waals surface area contributed by atoms with Gasteiger partial charge in [-0.15, -0.1) is 6.42 Å². The minimum Gasteiger partial charge on any atom is -0.481 e. The molecule has 0 heterocycles. The maximum Gasteiger partial charge on any atom is 0.148 e. The van der Waals surface area contributed by atoms with Gasteiger partial charge in [-0.1, -0.05) is 24.1 Å². The molecule has 1 N–H and O–H groups in total. The highest BCUT2D eigenvalue weighted by molar-refractivity contribution is 5.33. The summed E-state index contributed by atoms with van der Waals surface area (Å²) in [6.45, 7) is 2.36. The fraction of sp³-hybridized carbons (Fsp3) is 0.529. The van der Waals surface area contributed by atoms with Crippen molar-refractivity contribution in [2.45, 2.75) is 32.2 Å². The molecule has 19 heavy (non-hydrogen) atoms. The Kier molecular flexibility index (Phi) is 3.48. The van der Waals surface area contributed by atoms with Gasteiger partial charge in [-0.2, -0.15) is 0 Å². The summed E-state index contributed by atoms with van der Waals surface area (Å²) in [5, 5.41) is 3.61. The number of nitrogens with one attached hydrogen (secondary N) is 1. The van der Waals surface area contributed by atoms with E-state index in [0.717, 1.165) is 24.8 Å². The first-order valence-electron chi connectivity index (χ1n) is 7.19. The lowest BCUT2D eigenvalue weighted by Crippen LogP contribution is -2.25. The zero-order valence-electron chi connectivity index (χ0n) is 11.3. The molecule has 0 spiro atoms. The molecule has 0 atom stereocenters. The molecule has 0 saturated heterocycles. The van der Waals surface area contributed by atoms with Crippen LogP contribution in [0.2, 0.25) is 0 Å². The number of rotatable bonds is 7. The van der Waals surface area contributed by atoms with Crippen molar-refractivity contribution in [1.29, 1.82) is 0 Å². The Bertz CT molecular complexity index is 480. The number of terminal acetylenes is 1. The third kappa shape index (κ3) is 2.93. The number of ether oxygens (including phenoxy) is 1. The highest BCUT2D eigenvalue weighted by Crippen LogP contribution is 2.60. The Morgan fingerprint density at radius 1 is 1.32 bits per heavy atom. The lowest BCUT2D eigenvalue weighted by atomic mass is 10.0. The maximum atomic E-state index is 5.57. The largest absolute Gasteiger partial charge is 0.481 e. The van der Waals surface area contributed by atoms with E-state index in [0.29, 0.717) is 12.0 Å². The summed E-state index contributed by atoms with van der Waals surface area (Å²) in [7, 11) is 0. The van der Waals surface area contributed by atoms with Crippen LogP contribution in [0.15, 0.2) is 24.3 Å². The van der Waals surface area contributed by atoms with Gasteiger partial charge in [0, 0.05) is 18.7 Å². The Labute approximate surface area is 115 Å². The monoisotopic (exact) mass is 255 g/mol. The summed E-state index contributed by atoms with van der Waals surface area (Å²) in [6.07, 6.45) is 11.0. The van der Waals surface area contributed by atoms with Crippen LogP contribution in [-0.2, 0) is 6.54 Å². The van der Waals surface area contributed by atoms with Gasteiger partial charge in [-0.3, -0.25) is 0 Å². The van der Waals surface area contributed by atoms with Gasteiger partial charge >= 0.3 is 0 Å². The summed E-state index contributed by atoms with van der Waals surface area (Å²) in [4.78, 5) is 0. The zero-order chi connectivity index (χ0) is 13.1. The second kappa shape index (κ2) is 5.27. The Morgan fingerprint density at radius 3 is 2.79 bits per heavy atom. The molecule has 2 heteroatoms. The Morgan fingerprint density at radius 2 is 2.11 bits per heavy atom. The number of hydrogen-bond donors (Lipinski definition) is 1. The zero-order valence-corrected chi connectivity index (χ0v) is 11.3. The van der Waals surface area contributed by atoms with E-state index >= 15 is 0 Å². The summed E-state index contributed by atoms with van der Waals surface area (Å²) in [5.74, 6) is 4.43. The molecule has 1 aromatic carbocycles. The molecule has 2 fully saturated rings. The maximum absolute atomic E-state index is 5.57. The highest BCUT2D eigenvalue weighted by atomic mass is 16.5. The predicted octanol–water partition coefficient (Wildman–Crippen LogP) is 2.98. The Balaban J connectivity index is 1.53. The first-order chi connectivity index (χ1) is 9.34. The van der Waals surface area contributed by atoms with E-state index in [1.807, 2.05) is 18.2 Å². The van der Waals surface area contributed by atoms with Crippen molar-refractivity contribution >= 4 is 0 Å². The molecule has 0 bridgehead atoms. The lowest BCUT2D eigenvalue weighted by molar-refractivity contribution is 0.360. The predicted molar refractivity (Wildman–Crippen MR) is 76.9 cm³/mol. The van der Waals surface area contributed by atoms with Crippen molar-refractivity contribution < 1.29 is 4.74 Å². The van der Waals surface area contributed by atoms with Crippen molar-refractivity contribution in [2.75, 3.05) is 13.2 Å². The van der Waals surface area contributed by atoms with Crippen LogP contribution >= 0.6 is 0 Å². The summed E-state index contributed by atoms with van der Waals surface area (Å²) in [6, 6.07) is 8.13. The lowest BCUT2D eigenvalue weighted by Gasteiger charge is -2.16. The van der Waals surface area contributed by atoms with Crippen molar-refractivity contribution in [3.8, 4) is 18.1 Å². The van der Waals surface area contributed by atoms with E-state index in [2.05, 4.69) is 17.3 Å². The van der Waals surface area contributed by atoms with Crippen LogP contribution in [0.1, 0.15) is 31.2 Å². The molecule has 100 valence electrons. The minimum atomic E-state index is 0.336. The summed E-state index contributed by atoms with van der Waals surface area (Å²) in [5.41, 5.74) is 1.85. The van der Waals surface area contributed by atoms with Crippen LogP contribution in [0, 0.1) is 23.7 Å². The molecule has 0 aromatic heterocycles. The van der Waals surface area contributed by atoms with Gasteiger partial charge in [0.1, 0.15) is 12.4 Å². The van der Waals surface area contributed by atoms with E-state index < -0.39 is 0 Å². The highest BCUT2D eigenvalue weighted by Gasteiger charge is 2.53. The van der Waals surface area contributed by atoms with Gasteiger partial charge in [0.05, 0.1) is 0 Å². The minimum absolute atomic E-state index is 0.336. The van der Waals surface area contributed by atoms with Crippen LogP contribution in [0.3, 0.4) is 0 Å². The van der Waals surface area contributed by atoms with Crippen molar-refractivity contribution in [3.63, 3.8) is 0 Å². The SMILES string of the molecule is C#CCOc1ccccc1CNCC1(C2CC2)CC1. The quantitative estimate of drug-likeness (QED) is 0.756. The van der Waals surface area contributed by atoms with Crippen LogP contribution in [0.4, 0.5) is 0 Å². The molecule has 1 aromatic rings. The molecule has 2 aliphatic carbocycles. The van der Waals surface area contributed by atoms with Gasteiger partial charge < -0.3 is 10.1 Å². The third-order valence-electron chi connectivity index (χ3n) is 4.41. The molecular weight excluding hydrogens is 234 g/mol. The van der Waals surface area contributed by atoms with E-state index in [4.69, 9.17) is 11.2 Å². The summed E-state index contributed by atoms with van der Waals surface area (Å²) >= 11 is 0. The fourth-order valence-corrected chi connectivity index (χ4v) is 2.94. The second-order valence-corrected chi connectivity index (χ2v) is 5.84. The van der Waals surface area contributed by atoms with Crippen LogP contribution in [0.25, 0.3) is 0 Å². The molecule has 2 nitrogen and oxygen atoms in total. The van der Waals surface area contributed by atoms with Crippen LogP contribution in [-0.4, -0.2) is 13.2 Å². The molecule has 0 amide bonds. The van der Waals surface area contributed by atoms with Crippen LogP contribution < -0.4 is 10.1 Å². The topological polar surface area (TPSA) is 21.3 Å². The first-order valence-corrected chi connectivity index (χ1v) is 7.19. The van der Waals surface area contributed by atoms with Crippen LogP contribution in [0.5, 0.6) is 5.75 Å². The number of hydrogen-bond acceptors (Lipinski definition) is 2. The molecular formula is C17H21NO. The molecule has 3 rings (SSSR count). The smallest absolute Gasteiger partial charge is 0.148 e. The molecule has 2 saturated carbocycles. The van der Waals surface area contributed by atoms with E-state index in [-0.39, 0.29) is 0 Å². The summed E-state index contributed by atoms with van der Waals surface area (Å²) < 4.78 is 5.57. The van der Waals surface area contributed by atoms with Gasteiger partial charge in [0.2, 0.25) is 0 Å². The number of benzene rings is 1. The average molecular weight is 255 g/mol. The van der Waals surface area contributed by atoms with E-state index in [9.17, 15) is 0 Å². The average Bonchev–Trinajstić information content (AvgIpc) is 3.29. The van der Waals surface area contributed by atoms with Gasteiger partial charge in [0.25, 0.3) is 0 Å². The second-order valence-electron chi connectivity index (χ2n) is 5.84. The van der Waals surface area contributed by atoms with Gasteiger partial charge in [-0.05, 0) is 43.1 Å². The molecule has 0 radical (unpaired) electrons. The van der Waals surface area contributed by atoms with Crippen molar-refractivity contribution in [2.24, 2.45) is 11.3 Å². The first kappa shape index (κ1) is 12.6. The molecule has 0 aliphatic heterocycles. The van der Waals surface area contributed by atoms with Gasteiger partial charge in [0.15, 0.2) is 0 Å². The van der Waals surface area contributed by atoms with Crippen molar-refractivity contribution in [3.05, 3.63) is 29.8 Å². The van der Waals surface area contributed by atoms with E-state index in [1.54, 1.807) is 0 Å². The molecule has 0 unspecified atom stereocenters.